The molecule has 100 valence electrons. The van der Waals surface area contributed by atoms with Gasteiger partial charge in [0.05, 0.1) is 11.9 Å². The van der Waals surface area contributed by atoms with Crippen LogP contribution < -0.4 is 5.73 Å². The van der Waals surface area contributed by atoms with Crippen molar-refractivity contribution in [1.82, 2.24) is 0 Å². The zero-order valence-electron chi connectivity index (χ0n) is 10.5. The first-order chi connectivity index (χ1) is 8.70. The van der Waals surface area contributed by atoms with Crippen LogP contribution in [-0.2, 0) is 17.3 Å². The van der Waals surface area contributed by atoms with Gasteiger partial charge in [-0.25, -0.2) is 0 Å². The molecule has 2 rings (SSSR count). The van der Waals surface area contributed by atoms with Gasteiger partial charge in [-0.3, -0.25) is 4.21 Å². The highest BCUT2D eigenvalue weighted by molar-refractivity contribution is 7.85. The number of hydrogen-bond donors (Lipinski definition) is 2. The van der Waals surface area contributed by atoms with Gasteiger partial charge in [-0.2, -0.15) is 0 Å². The van der Waals surface area contributed by atoms with Gasteiger partial charge >= 0.3 is 0 Å². The Balaban J connectivity index is 1.93. The molecule has 18 heavy (non-hydrogen) atoms. The molecule has 1 fully saturated rings. The third-order valence-corrected chi connectivity index (χ3v) is 5.46. The van der Waals surface area contributed by atoms with Gasteiger partial charge in [-0.15, -0.1) is 0 Å². The summed E-state index contributed by atoms with van der Waals surface area (Å²) in [6.45, 7) is 0.504. The van der Waals surface area contributed by atoms with Crippen molar-refractivity contribution in [3.05, 3.63) is 35.4 Å². The standard InChI is InChI=1S/C14H21NO2S/c15-9-11-5-7-12(8-6-11)14(16)10-18(17)13-3-1-2-4-13/h5-8,13-14,16H,1-4,9-10,15H2. The summed E-state index contributed by atoms with van der Waals surface area (Å²) < 4.78 is 12.1. The zero-order valence-corrected chi connectivity index (χ0v) is 11.4. The lowest BCUT2D eigenvalue weighted by Gasteiger charge is -2.14. The van der Waals surface area contributed by atoms with E-state index in [9.17, 15) is 9.32 Å². The average Bonchev–Trinajstić information content (AvgIpc) is 2.92. The second kappa shape index (κ2) is 6.45. The Labute approximate surface area is 111 Å². The third-order valence-electron chi connectivity index (χ3n) is 3.60. The lowest BCUT2D eigenvalue weighted by Crippen LogP contribution is -2.18. The summed E-state index contributed by atoms with van der Waals surface area (Å²) in [6, 6.07) is 7.57. The van der Waals surface area contributed by atoms with E-state index in [-0.39, 0.29) is 0 Å². The minimum atomic E-state index is -0.908. The molecule has 1 aliphatic rings. The van der Waals surface area contributed by atoms with Crippen LogP contribution in [0.5, 0.6) is 0 Å². The predicted molar refractivity (Wildman–Crippen MR) is 74.6 cm³/mol. The highest BCUT2D eigenvalue weighted by atomic mass is 32.2. The molecular weight excluding hydrogens is 246 g/mol. The lowest BCUT2D eigenvalue weighted by molar-refractivity contribution is 0.202. The molecule has 0 saturated heterocycles. The number of rotatable bonds is 5. The molecule has 1 aromatic rings. The molecule has 3 nitrogen and oxygen atoms in total. The first-order valence-corrected chi connectivity index (χ1v) is 7.93. The van der Waals surface area contributed by atoms with E-state index in [4.69, 9.17) is 5.73 Å². The molecule has 0 aromatic heterocycles. The maximum Gasteiger partial charge on any atom is 0.0905 e. The molecule has 2 unspecified atom stereocenters. The summed E-state index contributed by atoms with van der Waals surface area (Å²) >= 11 is 0. The van der Waals surface area contributed by atoms with Crippen molar-refractivity contribution >= 4 is 10.8 Å². The van der Waals surface area contributed by atoms with Crippen LogP contribution in [0.15, 0.2) is 24.3 Å². The summed E-state index contributed by atoms with van der Waals surface area (Å²) in [4.78, 5) is 0. The molecule has 0 spiro atoms. The second-order valence-corrected chi connectivity index (χ2v) is 6.68. The van der Waals surface area contributed by atoms with Gasteiger partial charge in [0.25, 0.3) is 0 Å². The minimum absolute atomic E-state index is 0.294. The van der Waals surface area contributed by atoms with Crippen molar-refractivity contribution in [2.75, 3.05) is 5.75 Å². The molecule has 3 N–H and O–H groups in total. The first-order valence-electron chi connectivity index (χ1n) is 6.55. The van der Waals surface area contributed by atoms with Crippen LogP contribution in [0, 0.1) is 0 Å². The van der Waals surface area contributed by atoms with Crippen LogP contribution >= 0.6 is 0 Å². The number of aliphatic hydroxyl groups is 1. The van der Waals surface area contributed by atoms with Gasteiger partial charge in [-0.1, -0.05) is 37.1 Å². The number of hydrogen-bond acceptors (Lipinski definition) is 3. The van der Waals surface area contributed by atoms with E-state index in [1.807, 2.05) is 24.3 Å². The molecule has 0 aliphatic heterocycles. The SMILES string of the molecule is NCc1ccc(C(O)CS(=O)C2CCCC2)cc1. The normalized spacial score (nSPS) is 19.9. The molecule has 0 amide bonds. The van der Waals surface area contributed by atoms with Gasteiger partial charge < -0.3 is 10.8 Å². The molecule has 1 aromatic carbocycles. The van der Waals surface area contributed by atoms with Crippen molar-refractivity contribution in [2.45, 2.75) is 43.6 Å². The van der Waals surface area contributed by atoms with Gasteiger partial charge in [-0.05, 0) is 24.0 Å². The fourth-order valence-electron chi connectivity index (χ4n) is 2.42. The van der Waals surface area contributed by atoms with Crippen LogP contribution in [0.1, 0.15) is 42.9 Å². The van der Waals surface area contributed by atoms with Crippen molar-refractivity contribution in [1.29, 1.82) is 0 Å². The van der Waals surface area contributed by atoms with Crippen molar-refractivity contribution in [3.8, 4) is 0 Å². The Kier molecular flexibility index (Phi) is 4.92. The molecule has 4 heteroatoms. The number of benzene rings is 1. The van der Waals surface area contributed by atoms with E-state index in [1.54, 1.807) is 0 Å². The molecule has 0 bridgehead atoms. The van der Waals surface area contributed by atoms with Gasteiger partial charge in [0.15, 0.2) is 0 Å². The lowest BCUT2D eigenvalue weighted by atomic mass is 10.1. The van der Waals surface area contributed by atoms with Crippen molar-refractivity contribution in [2.24, 2.45) is 5.73 Å². The van der Waals surface area contributed by atoms with Crippen LogP contribution in [0.2, 0.25) is 0 Å². The maximum absolute atomic E-state index is 12.1. The largest absolute Gasteiger partial charge is 0.387 e. The monoisotopic (exact) mass is 267 g/mol. The summed E-state index contributed by atoms with van der Waals surface area (Å²) in [5.74, 6) is 0.354. The summed E-state index contributed by atoms with van der Waals surface area (Å²) in [5, 5.41) is 10.4. The Hall–Kier alpha value is -0.710. The molecule has 2 atom stereocenters. The smallest absolute Gasteiger partial charge is 0.0905 e. The van der Waals surface area contributed by atoms with E-state index in [1.165, 1.54) is 12.8 Å². The Bertz CT molecular complexity index is 399. The van der Waals surface area contributed by atoms with E-state index in [0.29, 0.717) is 17.5 Å². The van der Waals surface area contributed by atoms with E-state index < -0.39 is 16.9 Å². The molecule has 1 aliphatic carbocycles. The average molecular weight is 267 g/mol. The molecular formula is C14H21NO2S. The van der Waals surface area contributed by atoms with E-state index >= 15 is 0 Å². The maximum atomic E-state index is 12.1. The van der Waals surface area contributed by atoms with Crippen LogP contribution in [0.3, 0.4) is 0 Å². The minimum Gasteiger partial charge on any atom is -0.387 e. The van der Waals surface area contributed by atoms with Crippen molar-refractivity contribution < 1.29 is 9.32 Å². The fraction of sp³-hybridized carbons (Fsp3) is 0.571. The Morgan fingerprint density at radius 3 is 2.44 bits per heavy atom. The van der Waals surface area contributed by atoms with E-state index in [0.717, 1.165) is 24.0 Å². The van der Waals surface area contributed by atoms with Gasteiger partial charge in [0.1, 0.15) is 0 Å². The van der Waals surface area contributed by atoms with Gasteiger partial charge in [0, 0.05) is 22.6 Å². The van der Waals surface area contributed by atoms with Crippen molar-refractivity contribution in [3.63, 3.8) is 0 Å². The Morgan fingerprint density at radius 1 is 1.28 bits per heavy atom. The molecule has 1 saturated carbocycles. The highest BCUT2D eigenvalue weighted by Gasteiger charge is 2.23. The summed E-state index contributed by atoms with van der Waals surface area (Å²) in [6.07, 6.45) is 3.82. The van der Waals surface area contributed by atoms with Crippen LogP contribution in [0.25, 0.3) is 0 Å². The molecule has 0 heterocycles. The molecule has 0 radical (unpaired) electrons. The first kappa shape index (κ1) is 13.7. The summed E-state index contributed by atoms with van der Waals surface area (Å²) in [5.41, 5.74) is 7.40. The zero-order chi connectivity index (χ0) is 13.0. The number of nitrogens with two attached hydrogens (primary N) is 1. The Morgan fingerprint density at radius 2 is 1.89 bits per heavy atom. The van der Waals surface area contributed by atoms with Crippen LogP contribution in [0.4, 0.5) is 0 Å². The van der Waals surface area contributed by atoms with Crippen LogP contribution in [-0.4, -0.2) is 20.3 Å². The number of aliphatic hydroxyl groups excluding tert-OH is 1. The quantitative estimate of drug-likeness (QED) is 0.856. The fourth-order valence-corrected chi connectivity index (χ4v) is 4.05. The van der Waals surface area contributed by atoms with E-state index in [2.05, 4.69) is 0 Å². The second-order valence-electron chi connectivity index (χ2n) is 4.92. The van der Waals surface area contributed by atoms with Gasteiger partial charge in [0.2, 0.25) is 0 Å². The highest BCUT2D eigenvalue weighted by Crippen LogP contribution is 2.25. The topological polar surface area (TPSA) is 63.3 Å². The third kappa shape index (κ3) is 3.40. The summed E-state index contributed by atoms with van der Waals surface area (Å²) in [7, 11) is -0.908. The predicted octanol–water partition coefficient (Wildman–Crippen LogP) is 1.87.